The Balaban J connectivity index is 1.47. The molecule has 0 fully saturated rings. The van der Waals surface area contributed by atoms with E-state index < -0.39 is 17.2 Å². The van der Waals surface area contributed by atoms with Crippen molar-refractivity contribution in [3.8, 4) is 0 Å². The quantitative estimate of drug-likeness (QED) is 0.338. The van der Waals surface area contributed by atoms with Crippen LogP contribution >= 0.6 is 11.3 Å². The number of H-pyrrole nitrogens is 1. The maximum absolute atomic E-state index is 13.0. The monoisotopic (exact) mass is 495 g/mol. The first kappa shape index (κ1) is 23.8. The van der Waals surface area contributed by atoms with Gasteiger partial charge < -0.3 is 16.0 Å². The highest BCUT2D eigenvalue weighted by molar-refractivity contribution is 7.13. The first-order valence-corrected chi connectivity index (χ1v) is 11.4. The number of carbonyl (C=O) groups excluding carboxylic acids is 1. The zero-order chi connectivity index (χ0) is 24.9. The normalized spacial score (nSPS) is 10.8. The van der Waals surface area contributed by atoms with Crippen molar-refractivity contribution < 1.29 is 9.18 Å². The SMILES string of the molecule is CN(Cc1nnc(C(=O)NCc2ccc(F)cc2)s1)c1c(N)n(Cc2ccccc2)c(=O)[nH]c1=O. The molecule has 0 spiro atoms. The summed E-state index contributed by atoms with van der Waals surface area (Å²) in [5, 5.41) is 11.3. The fourth-order valence-electron chi connectivity index (χ4n) is 3.42. The largest absolute Gasteiger partial charge is 0.383 e. The minimum absolute atomic E-state index is 0.0203. The summed E-state index contributed by atoms with van der Waals surface area (Å²) in [7, 11) is 1.63. The molecule has 0 aliphatic heterocycles. The van der Waals surface area contributed by atoms with Gasteiger partial charge in [0.05, 0.1) is 13.1 Å². The molecule has 4 rings (SSSR count). The Bertz CT molecular complexity index is 1450. The second-order valence-electron chi connectivity index (χ2n) is 7.73. The Morgan fingerprint density at radius 2 is 1.83 bits per heavy atom. The number of nitrogens with two attached hydrogens (primary N) is 1. The van der Waals surface area contributed by atoms with Crippen LogP contribution in [-0.4, -0.2) is 32.7 Å². The third-order valence-corrected chi connectivity index (χ3v) is 6.09. The number of nitrogens with zero attached hydrogens (tertiary/aromatic N) is 4. The van der Waals surface area contributed by atoms with Gasteiger partial charge in [0.1, 0.15) is 22.3 Å². The van der Waals surface area contributed by atoms with E-state index in [2.05, 4.69) is 20.5 Å². The number of aromatic nitrogens is 4. The number of hydrogen-bond donors (Lipinski definition) is 3. The van der Waals surface area contributed by atoms with Crippen molar-refractivity contribution in [1.29, 1.82) is 0 Å². The van der Waals surface area contributed by atoms with E-state index in [9.17, 15) is 18.8 Å². The van der Waals surface area contributed by atoms with Gasteiger partial charge in [-0.2, -0.15) is 0 Å². The Labute approximate surface area is 202 Å². The van der Waals surface area contributed by atoms with E-state index in [4.69, 9.17) is 5.73 Å². The number of hydrogen-bond acceptors (Lipinski definition) is 8. The van der Waals surface area contributed by atoms with Crippen molar-refractivity contribution >= 4 is 28.7 Å². The van der Waals surface area contributed by atoms with E-state index >= 15 is 0 Å². The van der Waals surface area contributed by atoms with Crippen molar-refractivity contribution in [3.63, 3.8) is 0 Å². The number of anilines is 2. The number of carbonyl (C=O) groups is 1. The van der Waals surface area contributed by atoms with Crippen LogP contribution in [0.3, 0.4) is 0 Å². The summed E-state index contributed by atoms with van der Waals surface area (Å²) >= 11 is 1.07. The van der Waals surface area contributed by atoms with Gasteiger partial charge in [-0.3, -0.25) is 19.1 Å². The summed E-state index contributed by atoms with van der Waals surface area (Å²) in [6, 6.07) is 15.0. The van der Waals surface area contributed by atoms with Crippen LogP contribution in [0.25, 0.3) is 0 Å². The molecule has 0 saturated carbocycles. The van der Waals surface area contributed by atoms with Gasteiger partial charge in [0.2, 0.25) is 5.01 Å². The molecule has 10 nitrogen and oxygen atoms in total. The van der Waals surface area contributed by atoms with E-state index in [0.29, 0.717) is 5.01 Å². The van der Waals surface area contributed by atoms with Crippen LogP contribution in [-0.2, 0) is 19.6 Å². The van der Waals surface area contributed by atoms with Crippen molar-refractivity contribution in [1.82, 2.24) is 25.1 Å². The number of rotatable bonds is 8. The van der Waals surface area contributed by atoms with Crippen molar-refractivity contribution in [2.45, 2.75) is 19.6 Å². The molecule has 0 saturated heterocycles. The molecular weight excluding hydrogens is 473 g/mol. The molecule has 4 N–H and O–H groups in total. The summed E-state index contributed by atoms with van der Waals surface area (Å²) in [6.07, 6.45) is 0. The standard InChI is InChI=1S/C23H22FN7O3S/c1-30(18-19(25)31(23(34)27-20(18)32)12-15-5-3-2-4-6-15)13-17-28-29-22(35-17)21(33)26-11-14-7-9-16(24)10-8-14/h2-10H,11-13,25H2,1H3,(H,26,33)(H,27,32,34). The molecule has 2 aromatic heterocycles. The Morgan fingerprint density at radius 3 is 2.54 bits per heavy atom. The Kier molecular flexibility index (Phi) is 7.01. The van der Waals surface area contributed by atoms with Crippen molar-refractivity contribution in [3.05, 3.63) is 102 Å². The number of halogens is 1. The molecule has 180 valence electrons. The molecule has 2 heterocycles. The van der Waals surface area contributed by atoms with Gasteiger partial charge in [-0.1, -0.05) is 53.8 Å². The average Bonchev–Trinajstić information content (AvgIpc) is 3.30. The van der Waals surface area contributed by atoms with E-state index in [1.165, 1.54) is 16.7 Å². The summed E-state index contributed by atoms with van der Waals surface area (Å²) in [5.74, 6) is -0.755. The first-order chi connectivity index (χ1) is 16.8. The molecule has 0 unspecified atom stereocenters. The second-order valence-corrected chi connectivity index (χ2v) is 8.79. The van der Waals surface area contributed by atoms with Gasteiger partial charge in [-0.05, 0) is 23.3 Å². The Hall–Kier alpha value is -4.32. The maximum Gasteiger partial charge on any atom is 0.330 e. The van der Waals surface area contributed by atoms with Gasteiger partial charge >= 0.3 is 5.69 Å². The van der Waals surface area contributed by atoms with Crippen molar-refractivity contribution in [2.75, 3.05) is 17.7 Å². The Morgan fingerprint density at radius 1 is 1.11 bits per heavy atom. The van der Waals surface area contributed by atoms with Crippen LogP contribution in [0.4, 0.5) is 15.9 Å². The number of nitrogens with one attached hydrogen (secondary N) is 2. The van der Waals surface area contributed by atoms with Gasteiger partial charge in [-0.25, -0.2) is 9.18 Å². The third kappa shape index (κ3) is 5.61. The molecule has 0 atom stereocenters. The zero-order valence-electron chi connectivity index (χ0n) is 18.7. The predicted octanol–water partition coefficient (Wildman–Crippen LogP) is 1.72. The predicted molar refractivity (Wildman–Crippen MR) is 131 cm³/mol. The molecular formula is C23H22FN7O3S. The van der Waals surface area contributed by atoms with Gasteiger partial charge in [0.15, 0.2) is 0 Å². The third-order valence-electron chi connectivity index (χ3n) is 5.18. The lowest BCUT2D eigenvalue weighted by molar-refractivity contribution is 0.0950. The highest BCUT2D eigenvalue weighted by atomic mass is 32.1. The van der Waals surface area contributed by atoms with Crippen LogP contribution in [0, 0.1) is 5.82 Å². The molecule has 0 bridgehead atoms. The first-order valence-electron chi connectivity index (χ1n) is 10.5. The summed E-state index contributed by atoms with van der Waals surface area (Å²) in [6.45, 7) is 0.544. The number of amides is 1. The molecule has 0 radical (unpaired) electrons. The fraction of sp³-hybridized carbons (Fsp3) is 0.174. The maximum atomic E-state index is 13.0. The zero-order valence-corrected chi connectivity index (χ0v) is 19.5. The van der Waals surface area contributed by atoms with Crippen LogP contribution in [0.5, 0.6) is 0 Å². The molecule has 12 heteroatoms. The molecule has 0 aliphatic rings. The van der Waals surface area contributed by atoms with Crippen LogP contribution in [0.1, 0.15) is 25.9 Å². The minimum atomic E-state index is -0.624. The van der Waals surface area contributed by atoms with Gasteiger partial charge in [-0.15, -0.1) is 10.2 Å². The van der Waals surface area contributed by atoms with E-state index in [1.807, 2.05) is 30.3 Å². The second kappa shape index (κ2) is 10.3. The minimum Gasteiger partial charge on any atom is -0.383 e. The molecule has 4 aromatic rings. The molecule has 0 aliphatic carbocycles. The summed E-state index contributed by atoms with van der Waals surface area (Å²) < 4.78 is 14.3. The lowest BCUT2D eigenvalue weighted by Crippen LogP contribution is -2.37. The van der Waals surface area contributed by atoms with E-state index in [-0.39, 0.29) is 42.0 Å². The number of aromatic amines is 1. The van der Waals surface area contributed by atoms with Crippen molar-refractivity contribution in [2.24, 2.45) is 0 Å². The average molecular weight is 496 g/mol. The van der Waals surface area contributed by atoms with Crippen LogP contribution < -0.4 is 27.2 Å². The highest BCUT2D eigenvalue weighted by Gasteiger charge is 2.19. The van der Waals surface area contributed by atoms with Gasteiger partial charge in [0.25, 0.3) is 11.5 Å². The number of benzene rings is 2. The topological polar surface area (TPSA) is 139 Å². The van der Waals surface area contributed by atoms with Gasteiger partial charge in [0, 0.05) is 13.6 Å². The van der Waals surface area contributed by atoms with Crippen LogP contribution in [0.2, 0.25) is 0 Å². The number of nitrogen functional groups attached to an aromatic ring is 1. The molecule has 35 heavy (non-hydrogen) atoms. The molecule has 1 amide bonds. The van der Waals surface area contributed by atoms with E-state index in [1.54, 1.807) is 24.1 Å². The lowest BCUT2D eigenvalue weighted by Gasteiger charge is -2.20. The lowest BCUT2D eigenvalue weighted by atomic mass is 10.2. The smallest absolute Gasteiger partial charge is 0.330 e. The highest BCUT2D eigenvalue weighted by Crippen LogP contribution is 2.20. The van der Waals surface area contributed by atoms with E-state index in [0.717, 1.165) is 22.5 Å². The summed E-state index contributed by atoms with van der Waals surface area (Å²) in [5.41, 5.74) is 6.69. The van der Waals surface area contributed by atoms with Crippen LogP contribution in [0.15, 0.2) is 64.2 Å². The molecule has 2 aromatic carbocycles. The summed E-state index contributed by atoms with van der Waals surface area (Å²) in [4.78, 5) is 41.2. The fourth-order valence-corrected chi connectivity index (χ4v) is 4.23.